The second kappa shape index (κ2) is 5.89. The van der Waals surface area contributed by atoms with Gasteiger partial charge in [0.25, 0.3) is 5.54 Å². The van der Waals surface area contributed by atoms with Gasteiger partial charge in [-0.05, 0) is 23.8 Å². The summed E-state index contributed by atoms with van der Waals surface area (Å²) in [6.07, 6.45) is 13.0. The summed E-state index contributed by atoms with van der Waals surface area (Å²) in [6, 6.07) is 7.87. The molecule has 1 aromatic carbocycles. The van der Waals surface area contributed by atoms with E-state index in [2.05, 4.69) is 10.2 Å². The van der Waals surface area contributed by atoms with Crippen LogP contribution in [0.3, 0.4) is 0 Å². The van der Waals surface area contributed by atoms with Crippen molar-refractivity contribution in [1.29, 1.82) is 0 Å². The maximum absolute atomic E-state index is 11.5. The van der Waals surface area contributed by atoms with E-state index in [4.69, 9.17) is 0 Å². The summed E-state index contributed by atoms with van der Waals surface area (Å²) in [5, 5.41) is 19.6. The van der Waals surface area contributed by atoms with Crippen molar-refractivity contribution >= 4 is 11.9 Å². The van der Waals surface area contributed by atoms with Gasteiger partial charge in [0.05, 0.1) is 5.71 Å². The molecule has 0 N–H and O–H groups in total. The van der Waals surface area contributed by atoms with E-state index in [1.165, 1.54) is 0 Å². The number of allylic oxidation sites excluding steroid dienone is 3. The molecule has 1 heterocycles. The number of hydrogen-bond acceptors (Lipinski definition) is 4. The van der Waals surface area contributed by atoms with E-state index in [1.807, 2.05) is 30.3 Å². The van der Waals surface area contributed by atoms with Crippen molar-refractivity contribution < 1.29 is 4.92 Å². The molecule has 1 atom stereocenters. The summed E-state index contributed by atoms with van der Waals surface area (Å²) < 4.78 is 0. The zero-order valence-corrected chi connectivity index (χ0v) is 11.9. The summed E-state index contributed by atoms with van der Waals surface area (Å²) in [5.41, 5.74) is 1.52. The molecule has 0 saturated carbocycles. The number of nitrogens with zero attached hydrogens (tertiary/aromatic N) is 3. The lowest BCUT2D eigenvalue weighted by molar-refractivity contribution is -0.539. The molecule has 1 unspecified atom stereocenters. The fourth-order valence-corrected chi connectivity index (χ4v) is 2.54. The first-order valence-corrected chi connectivity index (χ1v) is 7.07. The fraction of sp³-hybridized carbons (Fsp3) is 0.176. The highest BCUT2D eigenvalue weighted by atomic mass is 16.6. The van der Waals surface area contributed by atoms with E-state index >= 15 is 0 Å². The summed E-state index contributed by atoms with van der Waals surface area (Å²) >= 11 is 0. The van der Waals surface area contributed by atoms with Crippen LogP contribution in [-0.4, -0.2) is 22.4 Å². The van der Waals surface area contributed by atoms with Crippen LogP contribution >= 0.6 is 0 Å². The minimum Gasteiger partial charge on any atom is -0.263 e. The second-order valence-electron chi connectivity index (χ2n) is 5.22. The standard InChI is InChI=1S/C17H15N3O2/c21-20(22)17(10-4-1-5-11-17)12-8-16-15-7-3-2-6-14(15)9-13-18-19-16/h1-8,10,12-13H,9,11H2. The van der Waals surface area contributed by atoms with E-state index in [1.54, 1.807) is 36.6 Å². The summed E-state index contributed by atoms with van der Waals surface area (Å²) in [7, 11) is 0. The molecule has 3 rings (SSSR count). The van der Waals surface area contributed by atoms with Crippen LogP contribution in [0.15, 0.2) is 70.9 Å². The average Bonchev–Trinajstić information content (AvgIpc) is 2.76. The van der Waals surface area contributed by atoms with Gasteiger partial charge in [-0.25, -0.2) is 0 Å². The third kappa shape index (κ3) is 2.65. The zero-order valence-electron chi connectivity index (χ0n) is 11.9. The highest BCUT2D eigenvalue weighted by Gasteiger charge is 2.36. The summed E-state index contributed by atoms with van der Waals surface area (Å²) in [6.45, 7) is 0. The second-order valence-corrected chi connectivity index (χ2v) is 5.22. The normalized spacial score (nSPS) is 23.2. The van der Waals surface area contributed by atoms with E-state index in [9.17, 15) is 10.1 Å². The molecule has 0 fully saturated rings. The van der Waals surface area contributed by atoms with Crippen molar-refractivity contribution in [2.24, 2.45) is 10.2 Å². The predicted octanol–water partition coefficient (Wildman–Crippen LogP) is 3.11. The molecule has 110 valence electrons. The Morgan fingerprint density at radius 3 is 2.91 bits per heavy atom. The third-order valence-electron chi connectivity index (χ3n) is 3.80. The molecule has 0 bridgehead atoms. The number of nitro groups is 1. The Kier molecular flexibility index (Phi) is 3.78. The van der Waals surface area contributed by atoms with Crippen LogP contribution in [0.4, 0.5) is 0 Å². The smallest absolute Gasteiger partial charge is 0.262 e. The highest BCUT2D eigenvalue weighted by Crippen LogP contribution is 2.24. The Labute approximate surface area is 128 Å². The SMILES string of the molecule is O=[N+]([O-])C1(C=CC2=NN=CCc3ccccc32)C=CC=CC1. The van der Waals surface area contributed by atoms with Gasteiger partial charge in [0.1, 0.15) is 0 Å². The van der Waals surface area contributed by atoms with Crippen molar-refractivity contribution in [3.8, 4) is 0 Å². The Morgan fingerprint density at radius 2 is 2.14 bits per heavy atom. The van der Waals surface area contributed by atoms with Crippen LogP contribution in [0.1, 0.15) is 17.5 Å². The van der Waals surface area contributed by atoms with E-state index in [0.29, 0.717) is 18.6 Å². The Hall–Kier alpha value is -2.82. The fourth-order valence-electron chi connectivity index (χ4n) is 2.54. The molecule has 0 aromatic heterocycles. The first-order valence-electron chi connectivity index (χ1n) is 7.07. The van der Waals surface area contributed by atoms with E-state index < -0.39 is 5.54 Å². The molecular formula is C17H15N3O2. The number of rotatable bonds is 3. The van der Waals surface area contributed by atoms with Crippen LogP contribution in [0.25, 0.3) is 0 Å². The zero-order chi connectivity index (χ0) is 15.4. The topological polar surface area (TPSA) is 67.9 Å². The van der Waals surface area contributed by atoms with Crippen LogP contribution in [0, 0.1) is 10.1 Å². The molecule has 5 heteroatoms. The first kappa shape index (κ1) is 14.1. The van der Waals surface area contributed by atoms with E-state index in [-0.39, 0.29) is 4.92 Å². The maximum Gasteiger partial charge on any atom is 0.262 e. The van der Waals surface area contributed by atoms with E-state index in [0.717, 1.165) is 11.1 Å². The predicted molar refractivity (Wildman–Crippen MR) is 86.9 cm³/mol. The van der Waals surface area contributed by atoms with Crippen molar-refractivity contribution in [2.45, 2.75) is 18.4 Å². The number of fused-ring (bicyclic) bond motifs is 1. The minimum absolute atomic E-state index is 0.268. The quantitative estimate of drug-likeness (QED) is 0.634. The van der Waals surface area contributed by atoms with Crippen molar-refractivity contribution in [3.63, 3.8) is 0 Å². The van der Waals surface area contributed by atoms with Gasteiger partial charge < -0.3 is 0 Å². The average molecular weight is 293 g/mol. The minimum atomic E-state index is -1.21. The maximum atomic E-state index is 11.5. The van der Waals surface area contributed by atoms with Crippen LogP contribution in [0.2, 0.25) is 0 Å². The Bertz CT molecular complexity index is 744. The molecule has 0 radical (unpaired) electrons. The molecule has 1 aromatic rings. The lowest BCUT2D eigenvalue weighted by Gasteiger charge is -2.18. The highest BCUT2D eigenvalue weighted by molar-refractivity contribution is 6.10. The van der Waals surface area contributed by atoms with Crippen molar-refractivity contribution in [3.05, 3.63) is 82.0 Å². The monoisotopic (exact) mass is 293 g/mol. The third-order valence-corrected chi connectivity index (χ3v) is 3.80. The van der Waals surface area contributed by atoms with Crippen LogP contribution in [0.5, 0.6) is 0 Å². The largest absolute Gasteiger partial charge is 0.263 e. The summed E-state index contributed by atoms with van der Waals surface area (Å²) in [5.74, 6) is 0. The van der Waals surface area contributed by atoms with Gasteiger partial charge in [-0.2, -0.15) is 10.2 Å². The first-order chi connectivity index (χ1) is 10.7. The molecule has 2 aliphatic rings. The molecule has 5 nitrogen and oxygen atoms in total. The van der Waals surface area contributed by atoms with Crippen molar-refractivity contribution in [1.82, 2.24) is 0 Å². The number of benzene rings is 1. The van der Waals surface area contributed by atoms with Gasteiger partial charge in [0.2, 0.25) is 0 Å². The van der Waals surface area contributed by atoms with Gasteiger partial charge in [-0.1, -0.05) is 42.5 Å². The van der Waals surface area contributed by atoms with Gasteiger partial charge in [-0.15, -0.1) is 0 Å². The lowest BCUT2D eigenvalue weighted by Crippen LogP contribution is -2.34. The number of hydrogen-bond donors (Lipinski definition) is 0. The molecule has 0 amide bonds. The molecule has 0 saturated heterocycles. The van der Waals surface area contributed by atoms with Gasteiger partial charge in [0.15, 0.2) is 0 Å². The molecular weight excluding hydrogens is 278 g/mol. The van der Waals surface area contributed by atoms with Crippen LogP contribution < -0.4 is 0 Å². The van der Waals surface area contributed by atoms with Crippen LogP contribution in [-0.2, 0) is 6.42 Å². The Morgan fingerprint density at radius 1 is 1.27 bits per heavy atom. The van der Waals surface area contributed by atoms with Gasteiger partial charge >= 0.3 is 0 Å². The molecule has 0 spiro atoms. The molecule has 1 aliphatic carbocycles. The molecule has 22 heavy (non-hydrogen) atoms. The Balaban J connectivity index is 1.97. The van der Waals surface area contributed by atoms with Crippen molar-refractivity contribution in [2.75, 3.05) is 0 Å². The van der Waals surface area contributed by atoms with Gasteiger partial charge in [0, 0.05) is 29.5 Å². The van der Waals surface area contributed by atoms with Gasteiger partial charge in [-0.3, -0.25) is 10.1 Å². The molecule has 1 aliphatic heterocycles. The lowest BCUT2D eigenvalue weighted by atomic mass is 9.90. The summed E-state index contributed by atoms with van der Waals surface area (Å²) in [4.78, 5) is 11.2.